The number of amides is 2. The first-order chi connectivity index (χ1) is 16.9. The summed E-state index contributed by atoms with van der Waals surface area (Å²) < 4.78 is 1.51. The Hall–Kier alpha value is -4.20. The number of aromatic amines is 1. The monoisotopic (exact) mass is 468 g/mol. The van der Waals surface area contributed by atoms with Crippen molar-refractivity contribution in [1.29, 1.82) is 0 Å². The fourth-order valence-corrected chi connectivity index (χ4v) is 5.01. The van der Waals surface area contributed by atoms with Gasteiger partial charge in [0.2, 0.25) is 5.91 Å². The van der Waals surface area contributed by atoms with Crippen LogP contribution in [-0.4, -0.2) is 37.8 Å². The van der Waals surface area contributed by atoms with Gasteiger partial charge in [-0.15, -0.1) is 0 Å². The molecule has 0 unspecified atom stereocenters. The van der Waals surface area contributed by atoms with E-state index in [0.29, 0.717) is 11.4 Å². The second kappa shape index (κ2) is 9.21. The number of fused-ring (bicyclic) bond motifs is 1. The summed E-state index contributed by atoms with van der Waals surface area (Å²) in [5.74, 6) is -0.680. The molecule has 1 aliphatic rings. The van der Waals surface area contributed by atoms with Crippen molar-refractivity contribution in [2.24, 2.45) is 7.05 Å². The van der Waals surface area contributed by atoms with Crippen LogP contribution in [0.5, 0.6) is 0 Å². The lowest BCUT2D eigenvalue weighted by Crippen LogP contribution is -2.47. The average Bonchev–Trinajstić information content (AvgIpc) is 3.56. The van der Waals surface area contributed by atoms with E-state index in [2.05, 4.69) is 32.0 Å². The summed E-state index contributed by atoms with van der Waals surface area (Å²) >= 11 is 0. The summed E-state index contributed by atoms with van der Waals surface area (Å²) in [6, 6.07) is 16.7. The van der Waals surface area contributed by atoms with Gasteiger partial charge in [-0.2, -0.15) is 10.2 Å². The highest BCUT2D eigenvalue weighted by Gasteiger charge is 2.36. The Kier molecular flexibility index (Phi) is 5.94. The highest BCUT2D eigenvalue weighted by molar-refractivity contribution is 6.01. The SMILES string of the molecule is Cc1n[nH]c(C)c1-c1ccc(NC(=O)[C@@H](NC(=O)c2ccnn2C)[C@@H]2CCc3ccccc32)cc1. The Balaban J connectivity index is 1.40. The van der Waals surface area contributed by atoms with Crippen LogP contribution in [0.1, 0.15) is 45.3 Å². The van der Waals surface area contributed by atoms with Crippen molar-refractivity contribution >= 4 is 17.5 Å². The molecule has 35 heavy (non-hydrogen) atoms. The van der Waals surface area contributed by atoms with Crippen molar-refractivity contribution < 1.29 is 9.59 Å². The molecule has 5 rings (SSSR count). The number of aromatic nitrogens is 4. The van der Waals surface area contributed by atoms with Crippen molar-refractivity contribution in [3.8, 4) is 11.1 Å². The van der Waals surface area contributed by atoms with Gasteiger partial charge >= 0.3 is 0 Å². The van der Waals surface area contributed by atoms with Crippen LogP contribution in [0.15, 0.2) is 60.8 Å². The van der Waals surface area contributed by atoms with Crippen LogP contribution in [0.25, 0.3) is 11.1 Å². The maximum absolute atomic E-state index is 13.6. The molecule has 0 bridgehead atoms. The minimum absolute atomic E-state index is 0.112. The molecule has 2 atom stereocenters. The third kappa shape index (κ3) is 4.35. The third-order valence-corrected chi connectivity index (χ3v) is 6.77. The lowest BCUT2D eigenvalue weighted by atomic mass is 9.92. The fourth-order valence-electron chi connectivity index (χ4n) is 5.01. The minimum Gasteiger partial charge on any atom is -0.338 e. The first-order valence-corrected chi connectivity index (χ1v) is 11.7. The Morgan fingerprint density at radius 1 is 1.09 bits per heavy atom. The summed E-state index contributed by atoms with van der Waals surface area (Å²) in [7, 11) is 1.71. The van der Waals surface area contributed by atoms with Gasteiger partial charge < -0.3 is 10.6 Å². The number of hydrogen-bond acceptors (Lipinski definition) is 4. The maximum Gasteiger partial charge on any atom is 0.270 e. The number of hydrogen-bond donors (Lipinski definition) is 3. The van der Waals surface area contributed by atoms with Crippen LogP contribution in [-0.2, 0) is 18.3 Å². The standard InChI is InChI=1S/C27H28N6O2/c1-16-24(17(2)32-31-16)19-8-11-20(12-9-19)29-27(35)25(30-26(34)23-14-15-28-33(23)3)22-13-10-18-6-4-5-7-21(18)22/h4-9,11-12,14-15,22,25H,10,13H2,1-3H3,(H,29,35)(H,30,34)(H,31,32)/t22-,25+/m1/s1. The molecule has 4 aromatic rings. The molecule has 3 N–H and O–H groups in total. The van der Waals surface area contributed by atoms with Gasteiger partial charge in [-0.25, -0.2) is 0 Å². The lowest BCUT2D eigenvalue weighted by Gasteiger charge is -2.25. The number of anilines is 1. The highest BCUT2D eigenvalue weighted by atomic mass is 16.2. The second-order valence-electron chi connectivity index (χ2n) is 9.01. The fraction of sp³-hybridized carbons (Fsp3) is 0.259. The van der Waals surface area contributed by atoms with Gasteiger partial charge in [0, 0.05) is 36.1 Å². The largest absolute Gasteiger partial charge is 0.338 e. The number of nitrogens with one attached hydrogen (secondary N) is 3. The molecule has 2 aromatic heterocycles. The maximum atomic E-state index is 13.6. The molecule has 0 fully saturated rings. The van der Waals surface area contributed by atoms with E-state index in [-0.39, 0.29) is 17.7 Å². The van der Waals surface area contributed by atoms with Gasteiger partial charge in [0.25, 0.3) is 5.91 Å². The van der Waals surface area contributed by atoms with Crippen molar-refractivity contribution in [2.75, 3.05) is 5.32 Å². The zero-order chi connectivity index (χ0) is 24.5. The van der Waals surface area contributed by atoms with Crippen LogP contribution in [0.2, 0.25) is 0 Å². The van der Waals surface area contributed by atoms with Crippen LogP contribution >= 0.6 is 0 Å². The van der Waals surface area contributed by atoms with Gasteiger partial charge in [-0.05, 0) is 61.6 Å². The molecule has 0 saturated carbocycles. The van der Waals surface area contributed by atoms with Gasteiger partial charge in [-0.3, -0.25) is 19.4 Å². The minimum atomic E-state index is -0.723. The number of rotatable bonds is 6. The van der Waals surface area contributed by atoms with Crippen LogP contribution in [0, 0.1) is 13.8 Å². The summed E-state index contributed by atoms with van der Waals surface area (Å²) in [6.07, 6.45) is 3.24. The van der Waals surface area contributed by atoms with Crippen molar-refractivity contribution in [2.45, 2.75) is 38.6 Å². The Labute approximate surface area is 203 Å². The van der Waals surface area contributed by atoms with Crippen molar-refractivity contribution in [3.63, 3.8) is 0 Å². The molecule has 2 heterocycles. The number of nitrogens with zero attached hydrogens (tertiary/aromatic N) is 3. The molecule has 8 heteroatoms. The van der Waals surface area contributed by atoms with Crippen LogP contribution in [0.3, 0.4) is 0 Å². The Morgan fingerprint density at radius 3 is 2.54 bits per heavy atom. The Bertz CT molecular complexity index is 1370. The summed E-state index contributed by atoms with van der Waals surface area (Å²) in [6.45, 7) is 3.95. The zero-order valence-corrected chi connectivity index (χ0v) is 20.0. The molecule has 0 spiro atoms. The smallest absolute Gasteiger partial charge is 0.270 e. The zero-order valence-electron chi connectivity index (χ0n) is 20.0. The van der Waals surface area contributed by atoms with E-state index < -0.39 is 6.04 Å². The normalized spacial score (nSPS) is 15.5. The predicted molar refractivity (Wildman–Crippen MR) is 134 cm³/mol. The first kappa shape index (κ1) is 22.6. The molecular weight excluding hydrogens is 440 g/mol. The number of carbonyl (C=O) groups excluding carboxylic acids is 2. The molecule has 178 valence electrons. The average molecular weight is 469 g/mol. The van der Waals surface area contributed by atoms with Gasteiger partial charge in [-0.1, -0.05) is 36.4 Å². The molecule has 8 nitrogen and oxygen atoms in total. The van der Waals surface area contributed by atoms with Gasteiger partial charge in [0.15, 0.2) is 0 Å². The lowest BCUT2D eigenvalue weighted by molar-refractivity contribution is -0.118. The van der Waals surface area contributed by atoms with E-state index in [4.69, 9.17) is 0 Å². The van der Waals surface area contributed by atoms with Crippen LogP contribution in [0.4, 0.5) is 5.69 Å². The second-order valence-corrected chi connectivity index (χ2v) is 9.01. The first-order valence-electron chi connectivity index (χ1n) is 11.7. The van der Waals surface area contributed by atoms with E-state index in [0.717, 1.165) is 40.9 Å². The summed E-state index contributed by atoms with van der Waals surface area (Å²) in [5, 5.41) is 17.4. The number of benzene rings is 2. The van der Waals surface area contributed by atoms with Gasteiger partial charge in [0.1, 0.15) is 11.7 Å². The number of aryl methyl sites for hydroxylation is 4. The van der Waals surface area contributed by atoms with Crippen molar-refractivity contribution in [1.82, 2.24) is 25.3 Å². The topological polar surface area (TPSA) is 105 Å². The van der Waals surface area contributed by atoms with E-state index in [9.17, 15) is 9.59 Å². The molecule has 0 saturated heterocycles. The molecule has 0 aliphatic heterocycles. The number of carbonyl (C=O) groups is 2. The highest BCUT2D eigenvalue weighted by Crippen LogP contribution is 2.36. The Morgan fingerprint density at radius 2 is 1.86 bits per heavy atom. The van der Waals surface area contributed by atoms with Crippen molar-refractivity contribution in [3.05, 3.63) is 89.0 Å². The summed E-state index contributed by atoms with van der Waals surface area (Å²) in [5.41, 5.74) is 7.42. The van der Waals surface area contributed by atoms with E-state index in [1.165, 1.54) is 10.2 Å². The van der Waals surface area contributed by atoms with Gasteiger partial charge in [0.05, 0.1) is 5.69 Å². The molecule has 2 aromatic carbocycles. The quantitative estimate of drug-likeness (QED) is 0.399. The third-order valence-electron chi connectivity index (χ3n) is 6.77. The van der Waals surface area contributed by atoms with Crippen LogP contribution < -0.4 is 10.6 Å². The van der Waals surface area contributed by atoms with E-state index in [1.54, 1.807) is 19.3 Å². The molecular formula is C27H28N6O2. The predicted octanol–water partition coefficient (Wildman–Crippen LogP) is 3.89. The molecule has 2 amide bonds. The molecule has 0 radical (unpaired) electrons. The van der Waals surface area contributed by atoms with E-state index >= 15 is 0 Å². The van der Waals surface area contributed by atoms with E-state index in [1.807, 2.05) is 56.3 Å². The molecule has 1 aliphatic carbocycles. The summed E-state index contributed by atoms with van der Waals surface area (Å²) in [4.78, 5) is 26.6. The number of H-pyrrole nitrogens is 1.